The van der Waals surface area contributed by atoms with Gasteiger partial charge in [-0.05, 0) is 25.0 Å². The van der Waals surface area contributed by atoms with Crippen LogP contribution in [-0.4, -0.2) is 65.3 Å². The van der Waals surface area contributed by atoms with Crippen LogP contribution in [0, 0.1) is 5.82 Å². The first-order valence-corrected chi connectivity index (χ1v) is 8.60. The minimum absolute atomic E-state index is 0.0453. The third-order valence-corrected chi connectivity index (χ3v) is 5.06. The van der Waals surface area contributed by atoms with Gasteiger partial charge in [0.2, 0.25) is 0 Å². The molecule has 1 aromatic heterocycles. The van der Waals surface area contributed by atoms with E-state index in [2.05, 4.69) is 4.98 Å². The first-order chi connectivity index (χ1) is 11.7. The van der Waals surface area contributed by atoms with E-state index in [1.54, 1.807) is 6.07 Å². The average Bonchev–Trinajstić information content (AvgIpc) is 3.09. The molecule has 0 aromatic carbocycles. The lowest BCUT2D eigenvalue weighted by Gasteiger charge is -2.53. The molecule has 4 rings (SSSR count). The van der Waals surface area contributed by atoms with Gasteiger partial charge in [-0.25, -0.2) is 14.2 Å². The van der Waals surface area contributed by atoms with Gasteiger partial charge >= 0.3 is 6.03 Å². The highest BCUT2D eigenvalue weighted by Crippen LogP contribution is 2.36. The summed E-state index contributed by atoms with van der Waals surface area (Å²) < 4.78 is 25.4. The van der Waals surface area contributed by atoms with Gasteiger partial charge in [-0.15, -0.1) is 0 Å². The molecule has 24 heavy (non-hydrogen) atoms. The van der Waals surface area contributed by atoms with Crippen LogP contribution in [-0.2, 0) is 4.74 Å². The summed E-state index contributed by atoms with van der Waals surface area (Å²) in [6, 6.07) is 3.00. The number of hydrogen-bond donors (Lipinski definition) is 0. The number of carbonyl (C=O) groups is 1. The zero-order chi connectivity index (χ0) is 16.6. The van der Waals surface area contributed by atoms with E-state index in [4.69, 9.17) is 9.47 Å². The topological polar surface area (TPSA) is 54.9 Å². The van der Waals surface area contributed by atoms with Crippen LogP contribution in [0.5, 0.6) is 5.88 Å². The summed E-state index contributed by atoms with van der Waals surface area (Å²) in [6.07, 6.45) is 4.93. The number of nitrogens with zero attached hydrogens (tertiary/aromatic N) is 3. The van der Waals surface area contributed by atoms with Crippen molar-refractivity contribution in [3.05, 3.63) is 24.1 Å². The number of urea groups is 1. The fraction of sp³-hybridized carbons (Fsp3) is 0.647. The Bertz CT molecular complexity index is 615. The van der Waals surface area contributed by atoms with Gasteiger partial charge in [-0.2, -0.15) is 0 Å². The summed E-state index contributed by atoms with van der Waals surface area (Å²) in [5.74, 6) is -0.402. The van der Waals surface area contributed by atoms with Crippen molar-refractivity contribution >= 4 is 6.03 Å². The van der Waals surface area contributed by atoms with E-state index in [1.165, 1.54) is 12.3 Å². The van der Waals surface area contributed by atoms with Crippen LogP contribution in [0.4, 0.5) is 9.18 Å². The summed E-state index contributed by atoms with van der Waals surface area (Å²) in [4.78, 5) is 20.1. The lowest BCUT2D eigenvalue weighted by Crippen LogP contribution is -2.69. The van der Waals surface area contributed by atoms with Gasteiger partial charge < -0.3 is 19.3 Å². The molecule has 2 amide bonds. The van der Waals surface area contributed by atoms with E-state index in [0.29, 0.717) is 32.5 Å². The van der Waals surface area contributed by atoms with Crippen LogP contribution in [0.25, 0.3) is 0 Å². The lowest BCUT2D eigenvalue weighted by atomic mass is 9.85. The van der Waals surface area contributed by atoms with Gasteiger partial charge in [0.15, 0.2) is 5.82 Å². The largest absolute Gasteiger partial charge is 0.472 e. The number of carbonyl (C=O) groups excluding carboxylic acids is 1. The maximum Gasteiger partial charge on any atom is 0.320 e. The Labute approximate surface area is 140 Å². The molecule has 3 saturated heterocycles. The summed E-state index contributed by atoms with van der Waals surface area (Å²) in [5, 5.41) is 0. The number of halogens is 1. The zero-order valence-electron chi connectivity index (χ0n) is 13.6. The molecule has 6 nitrogen and oxygen atoms in total. The second-order valence-electron chi connectivity index (χ2n) is 6.89. The minimum Gasteiger partial charge on any atom is -0.472 e. The fourth-order valence-electron chi connectivity index (χ4n) is 3.81. The fourth-order valence-corrected chi connectivity index (χ4v) is 3.81. The zero-order valence-corrected chi connectivity index (χ0v) is 13.6. The van der Waals surface area contributed by atoms with Crippen molar-refractivity contribution in [3.8, 4) is 5.88 Å². The molecular formula is C17H22FN3O3. The van der Waals surface area contributed by atoms with Gasteiger partial charge in [-0.3, -0.25) is 0 Å². The number of likely N-dealkylation sites (tertiary alicyclic amines) is 2. The first-order valence-electron chi connectivity index (χ1n) is 8.60. The Morgan fingerprint density at radius 1 is 1.33 bits per heavy atom. The van der Waals surface area contributed by atoms with Gasteiger partial charge in [0, 0.05) is 32.1 Å². The van der Waals surface area contributed by atoms with Gasteiger partial charge in [-0.1, -0.05) is 0 Å². The van der Waals surface area contributed by atoms with E-state index >= 15 is 0 Å². The second kappa shape index (κ2) is 6.20. The molecule has 0 aliphatic carbocycles. The molecule has 1 aromatic rings. The third-order valence-electron chi connectivity index (χ3n) is 5.06. The van der Waals surface area contributed by atoms with E-state index in [1.807, 2.05) is 9.80 Å². The molecule has 3 aliphatic rings. The average molecular weight is 335 g/mol. The van der Waals surface area contributed by atoms with Gasteiger partial charge in [0.1, 0.15) is 11.7 Å². The van der Waals surface area contributed by atoms with Crippen LogP contribution in [0.15, 0.2) is 18.3 Å². The van der Waals surface area contributed by atoms with Crippen molar-refractivity contribution in [2.45, 2.75) is 37.4 Å². The van der Waals surface area contributed by atoms with Crippen molar-refractivity contribution in [2.75, 3.05) is 32.8 Å². The van der Waals surface area contributed by atoms with Gasteiger partial charge in [0.25, 0.3) is 5.88 Å². The molecule has 1 unspecified atom stereocenters. The van der Waals surface area contributed by atoms with Crippen molar-refractivity contribution in [1.29, 1.82) is 0 Å². The minimum atomic E-state index is -0.447. The summed E-state index contributed by atoms with van der Waals surface area (Å²) >= 11 is 0. The highest BCUT2D eigenvalue weighted by molar-refractivity contribution is 5.76. The summed E-state index contributed by atoms with van der Waals surface area (Å²) in [7, 11) is 0. The Kier molecular flexibility index (Phi) is 4.04. The van der Waals surface area contributed by atoms with Crippen molar-refractivity contribution in [3.63, 3.8) is 0 Å². The van der Waals surface area contributed by atoms with E-state index < -0.39 is 5.82 Å². The number of rotatable bonds is 2. The molecule has 0 bridgehead atoms. The molecule has 130 valence electrons. The number of ether oxygens (including phenoxy) is 2. The predicted octanol–water partition coefficient (Wildman–Crippen LogP) is 2.05. The number of pyridine rings is 1. The molecule has 4 heterocycles. The second-order valence-corrected chi connectivity index (χ2v) is 6.89. The van der Waals surface area contributed by atoms with Crippen LogP contribution < -0.4 is 4.74 Å². The quantitative estimate of drug-likeness (QED) is 0.830. The molecule has 0 N–H and O–H groups in total. The van der Waals surface area contributed by atoms with Gasteiger partial charge in [0.05, 0.1) is 19.7 Å². The maximum atomic E-state index is 13.7. The normalized spacial score (nSPS) is 25.6. The standard InChI is InChI=1S/C17H22FN3O3/c18-14-4-3-6-19-15(14)24-13-5-9-23-17(10-13)11-21(12-17)16(22)20-7-1-2-8-20/h3-4,6,13H,1-2,5,7-12H2. The molecule has 3 fully saturated rings. The smallest absolute Gasteiger partial charge is 0.320 e. The highest BCUT2D eigenvalue weighted by Gasteiger charge is 2.51. The number of hydrogen-bond acceptors (Lipinski definition) is 4. The van der Waals surface area contributed by atoms with E-state index in [-0.39, 0.29) is 23.6 Å². The predicted molar refractivity (Wildman–Crippen MR) is 84.3 cm³/mol. The molecule has 3 aliphatic heterocycles. The lowest BCUT2D eigenvalue weighted by molar-refractivity contribution is -0.175. The Hall–Kier alpha value is -1.89. The molecular weight excluding hydrogens is 313 g/mol. The van der Waals surface area contributed by atoms with Crippen molar-refractivity contribution in [2.24, 2.45) is 0 Å². The van der Waals surface area contributed by atoms with Crippen LogP contribution in [0.3, 0.4) is 0 Å². The number of aromatic nitrogens is 1. The van der Waals surface area contributed by atoms with Crippen molar-refractivity contribution < 1.29 is 18.7 Å². The summed E-state index contributed by atoms with van der Waals surface area (Å²) in [6.45, 7) is 3.45. The third kappa shape index (κ3) is 2.92. The van der Waals surface area contributed by atoms with Crippen LogP contribution in [0.1, 0.15) is 25.7 Å². The summed E-state index contributed by atoms with van der Waals surface area (Å²) in [5.41, 5.74) is -0.344. The molecule has 7 heteroatoms. The highest BCUT2D eigenvalue weighted by atomic mass is 19.1. The molecule has 0 radical (unpaired) electrons. The Morgan fingerprint density at radius 2 is 2.12 bits per heavy atom. The SMILES string of the molecule is O=C(N1CCCC1)N1CC2(CC(Oc3ncccc3F)CCO2)C1. The van der Waals surface area contributed by atoms with Crippen molar-refractivity contribution in [1.82, 2.24) is 14.8 Å². The first kappa shape index (κ1) is 15.6. The molecule has 1 atom stereocenters. The Balaban J connectivity index is 1.34. The Morgan fingerprint density at radius 3 is 2.88 bits per heavy atom. The maximum absolute atomic E-state index is 13.7. The van der Waals surface area contributed by atoms with E-state index in [9.17, 15) is 9.18 Å². The van der Waals surface area contributed by atoms with E-state index in [0.717, 1.165) is 25.9 Å². The molecule has 0 saturated carbocycles. The number of amides is 2. The van der Waals surface area contributed by atoms with Crippen LogP contribution in [0.2, 0.25) is 0 Å². The molecule has 1 spiro atoms. The van der Waals surface area contributed by atoms with Crippen LogP contribution >= 0.6 is 0 Å². The monoisotopic (exact) mass is 335 g/mol.